The van der Waals surface area contributed by atoms with Crippen LogP contribution in [0.4, 0.5) is 0 Å². The van der Waals surface area contributed by atoms with Gasteiger partial charge in [-0.3, -0.25) is 0 Å². The van der Waals surface area contributed by atoms with E-state index >= 15 is 0 Å². The molecule has 0 aliphatic heterocycles. The van der Waals surface area contributed by atoms with Gasteiger partial charge in [-0.05, 0) is 0 Å². The summed E-state index contributed by atoms with van der Waals surface area (Å²) >= 11 is -2.05. The summed E-state index contributed by atoms with van der Waals surface area (Å²) < 4.78 is 6.56. The van der Waals surface area contributed by atoms with Gasteiger partial charge in [-0.25, -0.2) is 0 Å². The van der Waals surface area contributed by atoms with Crippen LogP contribution in [0.15, 0.2) is 30.5 Å². The molecule has 0 N–H and O–H groups in total. The van der Waals surface area contributed by atoms with Crippen LogP contribution in [-0.2, 0) is 0 Å². The standard InChI is InChI=1S/C10H8NO.3CH3.Sn/c1-12-10-3-2-9-7-11-5-4-8(9)6-10;;;;/h2-4,6-7H,1H3;3*1H3;. The Morgan fingerprint density at radius 2 is 1.81 bits per heavy atom. The number of pyridine rings is 1. The first kappa shape index (κ1) is 11.7. The molecular weight excluding hydrogens is 305 g/mol. The van der Waals surface area contributed by atoms with Crippen molar-refractivity contribution in [3.05, 3.63) is 30.5 Å². The Morgan fingerprint density at radius 1 is 1.06 bits per heavy atom. The van der Waals surface area contributed by atoms with E-state index in [4.69, 9.17) is 4.74 Å². The molecule has 1 aromatic carbocycles. The minimum atomic E-state index is -2.05. The van der Waals surface area contributed by atoms with E-state index in [0.717, 1.165) is 5.75 Å². The third-order valence-electron chi connectivity index (χ3n) is 2.70. The zero-order valence-electron chi connectivity index (χ0n) is 10.2. The predicted octanol–water partition coefficient (Wildman–Crippen LogP) is 2.79. The summed E-state index contributed by atoms with van der Waals surface area (Å²) in [4.78, 5) is 11.7. The average Bonchev–Trinajstić information content (AvgIpc) is 2.26. The molecule has 2 rings (SSSR count). The first-order chi connectivity index (χ1) is 7.50. The molecule has 0 unspecified atom stereocenters. The van der Waals surface area contributed by atoms with Crippen LogP contribution >= 0.6 is 0 Å². The summed E-state index contributed by atoms with van der Waals surface area (Å²) in [6, 6.07) is 8.35. The van der Waals surface area contributed by atoms with Crippen LogP contribution in [0.2, 0.25) is 14.8 Å². The normalized spacial score (nSPS) is 11.8. The van der Waals surface area contributed by atoms with Crippen molar-refractivity contribution < 1.29 is 4.74 Å². The fraction of sp³-hybridized carbons (Fsp3) is 0.308. The van der Waals surface area contributed by atoms with Gasteiger partial charge in [-0.2, -0.15) is 0 Å². The van der Waals surface area contributed by atoms with Crippen LogP contribution in [0, 0.1) is 0 Å². The Balaban J connectivity index is 2.59. The molecule has 0 spiro atoms. The van der Waals surface area contributed by atoms with Gasteiger partial charge in [0.1, 0.15) is 0 Å². The SMILES string of the molecule is COc1ccc2cn[c]([Sn]([CH3])([CH3])[CH3])cc2c1. The van der Waals surface area contributed by atoms with E-state index in [9.17, 15) is 0 Å². The number of hydrogen-bond donors (Lipinski definition) is 0. The number of aromatic nitrogens is 1. The second-order valence-corrected chi connectivity index (χ2v) is 19.3. The van der Waals surface area contributed by atoms with E-state index < -0.39 is 18.4 Å². The van der Waals surface area contributed by atoms with Crippen molar-refractivity contribution in [3.8, 4) is 5.75 Å². The zero-order chi connectivity index (χ0) is 11.8. The Bertz CT molecular complexity index is 517. The third kappa shape index (κ3) is 2.32. The van der Waals surface area contributed by atoms with Crippen LogP contribution in [0.3, 0.4) is 0 Å². The molecule has 0 aliphatic rings. The molecular formula is C13H17NOSn. The first-order valence-electron chi connectivity index (χ1n) is 5.45. The molecule has 0 saturated carbocycles. The van der Waals surface area contributed by atoms with E-state index in [1.54, 1.807) is 7.11 Å². The summed E-state index contributed by atoms with van der Waals surface area (Å²) in [5.41, 5.74) is 0. The van der Waals surface area contributed by atoms with Crippen molar-refractivity contribution in [2.75, 3.05) is 7.11 Å². The van der Waals surface area contributed by atoms with Gasteiger partial charge in [0.05, 0.1) is 0 Å². The van der Waals surface area contributed by atoms with Gasteiger partial charge in [-0.15, -0.1) is 0 Å². The van der Waals surface area contributed by atoms with Crippen molar-refractivity contribution >= 4 is 32.9 Å². The molecule has 0 saturated heterocycles. The second kappa shape index (κ2) is 4.24. The van der Waals surface area contributed by atoms with Gasteiger partial charge in [0.2, 0.25) is 0 Å². The van der Waals surface area contributed by atoms with E-state index in [2.05, 4.69) is 38.0 Å². The maximum atomic E-state index is 5.24. The van der Waals surface area contributed by atoms with Gasteiger partial charge in [0, 0.05) is 0 Å². The number of ether oxygens (including phenoxy) is 1. The van der Waals surface area contributed by atoms with E-state index in [-0.39, 0.29) is 0 Å². The molecule has 84 valence electrons. The molecule has 1 aromatic heterocycles. The third-order valence-corrected chi connectivity index (χ3v) is 7.86. The Kier molecular flexibility index (Phi) is 3.10. The van der Waals surface area contributed by atoms with E-state index in [1.807, 2.05) is 12.3 Å². The maximum absolute atomic E-state index is 5.24. The topological polar surface area (TPSA) is 22.1 Å². The molecule has 2 nitrogen and oxygen atoms in total. The average molecular weight is 322 g/mol. The summed E-state index contributed by atoms with van der Waals surface area (Å²) in [6.45, 7) is 0. The van der Waals surface area contributed by atoms with Gasteiger partial charge < -0.3 is 0 Å². The molecule has 3 heteroatoms. The number of rotatable bonds is 2. The second-order valence-electron chi connectivity index (χ2n) is 5.03. The van der Waals surface area contributed by atoms with Crippen molar-refractivity contribution in [1.29, 1.82) is 0 Å². The van der Waals surface area contributed by atoms with Crippen molar-refractivity contribution in [1.82, 2.24) is 4.98 Å². The summed E-state index contributed by atoms with van der Waals surface area (Å²) in [7, 11) is 1.70. The van der Waals surface area contributed by atoms with Gasteiger partial charge in [0.15, 0.2) is 0 Å². The van der Waals surface area contributed by atoms with Crippen molar-refractivity contribution in [2.24, 2.45) is 0 Å². The molecule has 0 atom stereocenters. The fourth-order valence-corrected chi connectivity index (χ4v) is 4.63. The van der Waals surface area contributed by atoms with Crippen LogP contribution in [0.25, 0.3) is 10.8 Å². The molecule has 2 aromatic rings. The minimum absolute atomic E-state index is 0.911. The number of methoxy groups -OCH3 is 1. The van der Waals surface area contributed by atoms with Gasteiger partial charge in [-0.1, -0.05) is 0 Å². The molecule has 0 aliphatic carbocycles. The number of hydrogen-bond acceptors (Lipinski definition) is 2. The summed E-state index contributed by atoms with van der Waals surface area (Å²) in [5.74, 6) is 0.911. The summed E-state index contributed by atoms with van der Waals surface area (Å²) in [6.07, 6.45) is 1.98. The molecule has 0 fully saturated rings. The molecule has 0 amide bonds. The molecule has 0 radical (unpaired) electrons. The number of benzene rings is 1. The Hall–Kier alpha value is -0.771. The van der Waals surface area contributed by atoms with Crippen LogP contribution in [0.5, 0.6) is 5.75 Å². The molecule has 1 heterocycles. The van der Waals surface area contributed by atoms with Gasteiger partial charge >= 0.3 is 101 Å². The van der Waals surface area contributed by atoms with E-state index in [1.165, 1.54) is 14.5 Å². The quantitative estimate of drug-likeness (QED) is 0.794. The van der Waals surface area contributed by atoms with Crippen molar-refractivity contribution in [3.63, 3.8) is 0 Å². The first-order valence-corrected chi connectivity index (χ1v) is 15.4. The monoisotopic (exact) mass is 323 g/mol. The molecule has 16 heavy (non-hydrogen) atoms. The van der Waals surface area contributed by atoms with Crippen LogP contribution < -0.4 is 8.45 Å². The fourth-order valence-electron chi connectivity index (χ4n) is 1.66. The Morgan fingerprint density at radius 3 is 2.44 bits per heavy atom. The number of fused-ring (bicyclic) bond motifs is 1. The predicted molar refractivity (Wildman–Crippen MR) is 71.3 cm³/mol. The Labute approximate surface area is 101 Å². The van der Waals surface area contributed by atoms with Crippen LogP contribution in [-0.4, -0.2) is 30.5 Å². The van der Waals surface area contributed by atoms with Crippen LogP contribution in [0.1, 0.15) is 0 Å². The zero-order valence-corrected chi connectivity index (χ0v) is 13.1. The number of nitrogens with zero attached hydrogens (tertiary/aromatic N) is 1. The molecule has 0 bridgehead atoms. The van der Waals surface area contributed by atoms with Gasteiger partial charge in [0.25, 0.3) is 0 Å². The van der Waals surface area contributed by atoms with E-state index in [0.29, 0.717) is 0 Å². The van der Waals surface area contributed by atoms with Crippen molar-refractivity contribution in [2.45, 2.75) is 14.8 Å². The summed E-state index contributed by atoms with van der Waals surface area (Å²) in [5, 5.41) is 2.41.